The summed E-state index contributed by atoms with van der Waals surface area (Å²) in [6.07, 6.45) is -2.55. The van der Waals surface area contributed by atoms with E-state index in [1.165, 1.54) is 27.9 Å². The van der Waals surface area contributed by atoms with Gasteiger partial charge >= 0.3 is 11.9 Å². The van der Waals surface area contributed by atoms with E-state index in [1.807, 2.05) is 0 Å². The second-order valence-electron chi connectivity index (χ2n) is 4.23. The van der Waals surface area contributed by atoms with Gasteiger partial charge in [0.1, 0.15) is 0 Å². The molecule has 1 heterocycles. The van der Waals surface area contributed by atoms with Gasteiger partial charge in [0.05, 0.1) is 11.9 Å². The van der Waals surface area contributed by atoms with E-state index >= 15 is 0 Å². The van der Waals surface area contributed by atoms with E-state index in [0.29, 0.717) is 0 Å². The fraction of sp³-hybridized carbons (Fsp3) is 0.750. The van der Waals surface area contributed by atoms with Crippen LogP contribution in [0.15, 0.2) is 0 Å². The zero-order valence-electron chi connectivity index (χ0n) is 11.8. The van der Waals surface area contributed by atoms with Crippen molar-refractivity contribution in [3.63, 3.8) is 0 Å². The van der Waals surface area contributed by atoms with Crippen molar-refractivity contribution < 1.29 is 33.3 Å². The fourth-order valence-electron chi connectivity index (χ4n) is 1.91. The Morgan fingerprint density at radius 2 is 1.60 bits per heavy atom. The van der Waals surface area contributed by atoms with Crippen LogP contribution in [0.2, 0.25) is 0 Å². The van der Waals surface area contributed by atoms with Crippen LogP contribution < -0.4 is 0 Å². The summed E-state index contributed by atoms with van der Waals surface area (Å²) >= 11 is 0.981. The van der Waals surface area contributed by atoms with Gasteiger partial charge in [-0.3, -0.25) is 14.4 Å². The maximum atomic E-state index is 11.3. The van der Waals surface area contributed by atoms with Crippen LogP contribution >= 0.6 is 11.8 Å². The molecule has 8 heteroatoms. The maximum Gasteiger partial charge on any atom is 0.303 e. The molecule has 0 aromatic heterocycles. The van der Waals surface area contributed by atoms with Crippen molar-refractivity contribution in [3.05, 3.63) is 0 Å². The zero-order chi connectivity index (χ0) is 15.3. The predicted molar refractivity (Wildman–Crippen MR) is 69.9 cm³/mol. The molecule has 1 saturated heterocycles. The highest BCUT2D eigenvalue weighted by molar-refractivity contribution is 8.14. The minimum Gasteiger partial charge on any atom is -0.457 e. The van der Waals surface area contributed by atoms with Gasteiger partial charge in [0, 0.05) is 27.9 Å². The Bertz CT molecular complexity index is 384. The molecule has 20 heavy (non-hydrogen) atoms. The zero-order valence-corrected chi connectivity index (χ0v) is 12.6. The maximum absolute atomic E-state index is 11.3. The molecule has 0 aliphatic carbocycles. The van der Waals surface area contributed by atoms with Gasteiger partial charge in [-0.1, -0.05) is 11.8 Å². The van der Waals surface area contributed by atoms with E-state index in [4.69, 9.17) is 18.9 Å². The van der Waals surface area contributed by atoms with E-state index in [2.05, 4.69) is 0 Å². The van der Waals surface area contributed by atoms with Crippen LogP contribution in [0.3, 0.4) is 0 Å². The summed E-state index contributed by atoms with van der Waals surface area (Å²) in [6.45, 7) is 4.04. The van der Waals surface area contributed by atoms with Crippen molar-refractivity contribution >= 4 is 28.8 Å². The Morgan fingerprint density at radius 1 is 1.05 bits per heavy atom. The van der Waals surface area contributed by atoms with Gasteiger partial charge in [-0.2, -0.15) is 0 Å². The monoisotopic (exact) mass is 306 g/mol. The molecule has 4 atom stereocenters. The average molecular weight is 306 g/mol. The molecule has 0 saturated carbocycles. The number of hydrogen-bond donors (Lipinski definition) is 0. The third-order valence-electron chi connectivity index (χ3n) is 2.54. The van der Waals surface area contributed by atoms with Crippen LogP contribution in [0.25, 0.3) is 0 Å². The molecule has 7 nitrogen and oxygen atoms in total. The molecule has 1 aliphatic heterocycles. The lowest BCUT2D eigenvalue weighted by atomic mass is 10.1. The number of rotatable bonds is 4. The molecule has 114 valence electrons. The lowest BCUT2D eigenvalue weighted by Gasteiger charge is -2.39. The van der Waals surface area contributed by atoms with Gasteiger partial charge in [0.15, 0.2) is 23.6 Å². The minimum atomic E-state index is -0.910. The average Bonchev–Trinajstić information content (AvgIpc) is 2.31. The van der Waals surface area contributed by atoms with Gasteiger partial charge in [0.25, 0.3) is 0 Å². The van der Waals surface area contributed by atoms with Crippen molar-refractivity contribution in [2.24, 2.45) is 0 Å². The second kappa shape index (κ2) is 7.61. The fourth-order valence-corrected chi connectivity index (χ4v) is 2.83. The van der Waals surface area contributed by atoms with Crippen molar-refractivity contribution in [3.8, 4) is 0 Å². The molecule has 0 aromatic carbocycles. The molecule has 1 aliphatic rings. The Labute approximate surface area is 121 Å². The van der Waals surface area contributed by atoms with Crippen LogP contribution in [0.5, 0.6) is 0 Å². The van der Waals surface area contributed by atoms with E-state index < -0.39 is 35.7 Å². The molecule has 1 fully saturated rings. The van der Waals surface area contributed by atoms with Crippen molar-refractivity contribution in [1.29, 1.82) is 0 Å². The molecule has 0 amide bonds. The first-order valence-electron chi connectivity index (χ1n) is 6.01. The van der Waals surface area contributed by atoms with E-state index in [-0.39, 0.29) is 11.7 Å². The number of hydrogen-bond acceptors (Lipinski definition) is 8. The third-order valence-corrected chi connectivity index (χ3v) is 3.58. The summed E-state index contributed by atoms with van der Waals surface area (Å²) in [5, 5.41) is -0.597. The molecule has 0 N–H and O–H groups in total. The van der Waals surface area contributed by atoms with Crippen molar-refractivity contribution in [1.82, 2.24) is 0 Å². The van der Waals surface area contributed by atoms with E-state index in [0.717, 1.165) is 11.8 Å². The highest BCUT2D eigenvalue weighted by atomic mass is 32.2. The largest absolute Gasteiger partial charge is 0.457 e. The highest BCUT2D eigenvalue weighted by Crippen LogP contribution is 2.30. The summed E-state index contributed by atoms with van der Waals surface area (Å²) in [7, 11) is 1.39. The molecule has 1 rings (SSSR count). The van der Waals surface area contributed by atoms with Gasteiger partial charge in [-0.25, -0.2) is 0 Å². The Kier molecular flexibility index (Phi) is 6.44. The first-order valence-corrected chi connectivity index (χ1v) is 6.89. The summed E-state index contributed by atoms with van der Waals surface area (Å²) in [6, 6.07) is 0. The quantitative estimate of drug-likeness (QED) is 0.694. The molecule has 1 unspecified atom stereocenters. The summed E-state index contributed by atoms with van der Waals surface area (Å²) < 4.78 is 20.8. The van der Waals surface area contributed by atoms with Crippen LogP contribution in [0, 0.1) is 0 Å². The van der Waals surface area contributed by atoms with Crippen LogP contribution in [0.1, 0.15) is 20.8 Å². The lowest BCUT2D eigenvalue weighted by molar-refractivity contribution is -0.245. The molecule has 0 radical (unpaired) electrons. The summed E-state index contributed by atoms with van der Waals surface area (Å²) in [4.78, 5) is 33.7. The molecule has 0 bridgehead atoms. The number of thioether (sulfide) groups is 1. The van der Waals surface area contributed by atoms with Crippen molar-refractivity contribution in [2.75, 3.05) is 13.7 Å². The van der Waals surface area contributed by atoms with E-state index in [1.54, 1.807) is 0 Å². The van der Waals surface area contributed by atoms with Crippen LogP contribution in [-0.4, -0.2) is 54.5 Å². The predicted octanol–water partition coefficient (Wildman–Crippen LogP) is 0.501. The van der Waals surface area contributed by atoms with Gasteiger partial charge in [-0.15, -0.1) is 0 Å². The van der Waals surface area contributed by atoms with Gasteiger partial charge in [0.2, 0.25) is 0 Å². The first-order chi connectivity index (χ1) is 9.35. The topological polar surface area (TPSA) is 88.1 Å². The summed E-state index contributed by atoms with van der Waals surface area (Å²) in [5.74, 6) is -1.08. The smallest absolute Gasteiger partial charge is 0.303 e. The Morgan fingerprint density at radius 3 is 2.05 bits per heavy atom. The van der Waals surface area contributed by atoms with E-state index in [9.17, 15) is 14.4 Å². The number of carbonyl (C=O) groups excluding carboxylic acids is 3. The summed E-state index contributed by atoms with van der Waals surface area (Å²) in [5.41, 5.74) is 0. The SMILES string of the molecule is COC1OC[C@@H](SC(C)=O)[C@H](OC(C)=O)[C@H]1OC(C)=O. The number of carbonyl (C=O) groups is 3. The first kappa shape index (κ1) is 16.9. The highest BCUT2D eigenvalue weighted by Gasteiger charge is 2.46. The molecule has 0 spiro atoms. The van der Waals surface area contributed by atoms with Crippen LogP contribution in [-0.2, 0) is 33.3 Å². The van der Waals surface area contributed by atoms with Gasteiger partial charge < -0.3 is 18.9 Å². The second-order valence-corrected chi connectivity index (χ2v) is 5.65. The Hall–Kier alpha value is -1.12. The number of esters is 2. The lowest BCUT2D eigenvalue weighted by Crippen LogP contribution is -2.56. The van der Waals surface area contributed by atoms with Crippen molar-refractivity contribution in [2.45, 2.75) is 44.5 Å². The number of methoxy groups -OCH3 is 1. The third kappa shape index (κ3) is 4.77. The Balaban J connectivity index is 2.95. The standard InChI is InChI=1S/C12H18O7S/c1-6(13)18-10-9(20-8(3)15)5-17-12(16-4)11(10)19-7(2)14/h9-12H,5H2,1-4H3/t9-,10+,11-,12?/m1/s1. The number of ether oxygens (including phenoxy) is 4. The molecular formula is C12H18O7S. The minimum absolute atomic E-state index is 0.145. The molecule has 0 aromatic rings. The normalized spacial score (nSPS) is 29.6. The molecular weight excluding hydrogens is 288 g/mol. The van der Waals surface area contributed by atoms with Gasteiger partial charge in [-0.05, 0) is 0 Å². The van der Waals surface area contributed by atoms with Crippen LogP contribution in [0.4, 0.5) is 0 Å².